The van der Waals surface area contributed by atoms with Crippen LogP contribution in [0.5, 0.6) is 11.5 Å². The second kappa shape index (κ2) is 5.12. The number of nitrogens with two attached hydrogens (primary N) is 1. The molecule has 0 fully saturated rings. The van der Waals surface area contributed by atoms with Crippen molar-refractivity contribution in [1.29, 1.82) is 5.41 Å². The average Bonchev–Trinajstić information content (AvgIpc) is 2.28. The summed E-state index contributed by atoms with van der Waals surface area (Å²) < 4.78 is 10.9. The maximum Gasteiger partial charge on any atom is 0.162 e. The lowest BCUT2D eigenvalue weighted by Gasteiger charge is -2.18. The fourth-order valence-corrected chi connectivity index (χ4v) is 2.30. The number of fused-ring (bicyclic) bond motifs is 1. The summed E-state index contributed by atoms with van der Waals surface area (Å²) in [4.78, 5) is 1.12. The summed E-state index contributed by atoms with van der Waals surface area (Å²) in [5.74, 6) is 2.65. The molecular formula is C11H14N2O2S. The molecule has 0 aromatic heterocycles. The Kier molecular flexibility index (Phi) is 3.56. The first-order valence-electron chi connectivity index (χ1n) is 5.11. The molecule has 1 aliphatic rings. The number of benzene rings is 1. The van der Waals surface area contributed by atoms with E-state index >= 15 is 0 Å². The highest BCUT2D eigenvalue weighted by molar-refractivity contribution is 7.99. The average molecular weight is 238 g/mol. The van der Waals surface area contributed by atoms with Crippen molar-refractivity contribution in [3.05, 3.63) is 18.2 Å². The molecule has 16 heavy (non-hydrogen) atoms. The summed E-state index contributed by atoms with van der Waals surface area (Å²) in [6.07, 6.45) is 0.610. The maximum absolute atomic E-state index is 7.13. The van der Waals surface area contributed by atoms with Gasteiger partial charge in [0.2, 0.25) is 0 Å². The molecule has 0 spiro atoms. The van der Waals surface area contributed by atoms with Crippen molar-refractivity contribution in [3.8, 4) is 11.5 Å². The van der Waals surface area contributed by atoms with Crippen LogP contribution in [0.1, 0.15) is 6.42 Å². The van der Waals surface area contributed by atoms with Crippen LogP contribution in [0.4, 0.5) is 0 Å². The van der Waals surface area contributed by atoms with Gasteiger partial charge in [0.1, 0.15) is 13.2 Å². The van der Waals surface area contributed by atoms with Crippen LogP contribution in [0.25, 0.3) is 0 Å². The first kappa shape index (κ1) is 11.1. The molecule has 4 nitrogen and oxygen atoms in total. The smallest absolute Gasteiger partial charge is 0.162 e. The Labute approximate surface area is 98.6 Å². The monoisotopic (exact) mass is 238 g/mol. The normalized spacial score (nSPS) is 13.5. The number of rotatable bonds is 4. The van der Waals surface area contributed by atoms with Gasteiger partial charge in [0.15, 0.2) is 11.5 Å². The van der Waals surface area contributed by atoms with E-state index in [2.05, 4.69) is 0 Å². The van der Waals surface area contributed by atoms with Gasteiger partial charge in [-0.05, 0) is 18.2 Å². The molecule has 1 aromatic rings. The fourth-order valence-electron chi connectivity index (χ4n) is 1.39. The van der Waals surface area contributed by atoms with Gasteiger partial charge in [-0.2, -0.15) is 0 Å². The van der Waals surface area contributed by atoms with Gasteiger partial charge < -0.3 is 15.2 Å². The third-order valence-corrected chi connectivity index (χ3v) is 3.15. The number of hydrogen-bond donors (Lipinski definition) is 2. The molecule has 0 amide bonds. The van der Waals surface area contributed by atoms with Crippen LogP contribution in [0.15, 0.2) is 23.1 Å². The summed E-state index contributed by atoms with van der Waals surface area (Å²) in [6, 6.07) is 5.89. The molecule has 0 atom stereocenters. The number of nitrogens with one attached hydrogen (secondary N) is 1. The maximum atomic E-state index is 7.13. The molecule has 3 N–H and O–H groups in total. The van der Waals surface area contributed by atoms with Crippen molar-refractivity contribution in [2.75, 3.05) is 19.0 Å². The second-order valence-corrected chi connectivity index (χ2v) is 4.60. The fraction of sp³-hybridized carbons (Fsp3) is 0.364. The highest BCUT2D eigenvalue weighted by atomic mass is 32.2. The van der Waals surface area contributed by atoms with Gasteiger partial charge in [-0.15, -0.1) is 11.8 Å². The summed E-state index contributed by atoms with van der Waals surface area (Å²) in [5.41, 5.74) is 5.29. The highest BCUT2D eigenvalue weighted by Crippen LogP contribution is 2.34. The lowest BCUT2D eigenvalue weighted by atomic mass is 10.3. The predicted octanol–water partition coefficient (Wildman–Crippen LogP) is 1.88. The zero-order chi connectivity index (χ0) is 11.4. The lowest BCUT2D eigenvalue weighted by Crippen LogP contribution is -2.15. The van der Waals surface area contributed by atoms with Crippen LogP contribution < -0.4 is 15.2 Å². The Balaban J connectivity index is 1.97. The minimum absolute atomic E-state index is 0.227. The molecule has 5 heteroatoms. The number of ether oxygens (including phenoxy) is 2. The molecule has 1 aliphatic heterocycles. The highest BCUT2D eigenvalue weighted by Gasteiger charge is 2.11. The van der Waals surface area contributed by atoms with Crippen molar-refractivity contribution in [3.63, 3.8) is 0 Å². The van der Waals surface area contributed by atoms with Crippen LogP contribution in [0, 0.1) is 5.41 Å². The van der Waals surface area contributed by atoms with Crippen molar-refractivity contribution in [2.24, 2.45) is 5.73 Å². The molecule has 1 aromatic carbocycles. The van der Waals surface area contributed by atoms with E-state index in [0.717, 1.165) is 22.1 Å². The number of hydrogen-bond acceptors (Lipinski definition) is 4. The Bertz CT molecular complexity index is 396. The zero-order valence-corrected chi connectivity index (χ0v) is 9.68. The van der Waals surface area contributed by atoms with Gasteiger partial charge in [0, 0.05) is 17.1 Å². The molecular weight excluding hydrogens is 224 g/mol. The zero-order valence-electron chi connectivity index (χ0n) is 8.86. The van der Waals surface area contributed by atoms with E-state index in [-0.39, 0.29) is 5.84 Å². The van der Waals surface area contributed by atoms with E-state index in [0.29, 0.717) is 19.6 Å². The van der Waals surface area contributed by atoms with E-state index in [1.807, 2.05) is 18.2 Å². The molecule has 0 unspecified atom stereocenters. The molecule has 0 radical (unpaired) electrons. The Morgan fingerprint density at radius 2 is 2.06 bits per heavy atom. The number of amidine groups is 1. The van der Waals surface area contributed by atoms with Crippen LogP contribution in [0.2, 0.25) is 0 Å². The third-order valence-electron chi connectivity index (χ3n) is 2.15. The van der Waals surface area contributed by atoms with E-state index in [4.69, 9.17) is 20.6 Å². The predicted molar refractivity (Wildman–Crippen MR) is 64.7 cm³/mol. The van der Waals surface area contributed by atoms with Crippen LogP contribution >= 0.6 is 11.8 Å². The Morgan fingerprint density at radius 3 is 2.81 bits per heavy atom. The molecule has 1 heterocycles. The standard InChI is InChI=1S/C11H14N2O2S/c12-11(13)3-6-16-8-1-2-9-10(7-8)15-5-4-14-9/h1-2,7H,3-6H2,(H3,12,13). The minimum atomic E-state index is 0.227. The van der Waals surface area contributed by atoms with E-state index in [9.17, 15) is 0 Å². The van der Waals surface area contributed by atoms with Gasteiger partial charge in [0.25, 0.3) is 0 Å². The van der Waals surface area contributed by atoms with Crippen molar-refractivity contribution < 1.29 is 9.47 Å². The third kappa shape index (κ3) is 2.82. The van der Waals surface area contributed by atoms with Crippen molar-refractivity contribution in [1.82, 2.24) is 0 Å². The summed E-state index contributed by atoms with van der Waals surface area (Å²) in [5, 5.41) is 7.13. The molecule has 0 aliphatic carbocycles. The summed E-state index contributed by atoms with van der Waals surface area (Å²) in [6.45, 7) is 1.22. The van der Waals surface area contributed by atoms with E-state index in [1.165, 1.54) is 0 Å². The van der Waals surface area contributed by atoms with Crippen LogP contribution in [-0.2, 0) is 0 Å². The van der Waals surface area contributed by atoms with Crippen LogP contribution in [0.3, 0.4) is 0 Å². The number of thioether (sulfide) groups is 1. The van der Waals surface area contributed by atoms with Crippen molar-refractivity contribution in [2.45, 2.75) is 11.3 Å². The van der Waals surface area contributed by atoms with Gasteiger partial charge in [-0.25, -0.2) is 0 Å². The molecule has 0 saturated carbocycles. The largest absolute Gasteiger partial charge is 0.486 e. The topological polar surface area (TPSA) is 68.3 Å². The first-order chi connectivity index (χ1) is 7.75. The van der Waals surface area contributed by atoms with Gasteiger partial charge in [-0.3, -0.25) is 5.41 Å². The van der Waals surface area contributed by atoms with Gasteiger partial charge in [0.05, 0.1) is 5.84 Å². The molecule has 2 rings (SSSR count). The quantitative estimate of drug-likeness (QED) is 0.477. The molecule has 0 bridgehead atoms. The Hall–Kier alpha value is -1.36. The SMILES string of the molecule is N=C(N)CCSc1ccc2c(c1)OCCO2. The molecule has 86 valence electrons. The van der Waals surface area contributed by atoms with E-state index < -0.39 is 0 Å². The van der Waals surface area contributed by atoms with E-state index in [1.54, 1.807) is 11.8 Å². The Morgan fingerprint density at radius 1 is 1.31 bits per heavy atom. The second-order valence-electron chi connectivity index (χ2n) is 3.43. The van der Waals surface area contributed by atoms with Crippen LogP contribution in [-0.4, -0.2) is 24.8 Å². The van der Waals surface area contributed by atoms with Crippen molar-refractivity contribution >= 4 is 17.6 Å². The van der Waals surface area contributed by atoms with Gasteiger partial charge >= 0.3 is 0 Å². The molecule has 0 saturated heterocycles. The van der Waals surface area contributed by atoms with Gasteiger partial charge in [-0.1, -0.05) is 0 Å². The lowest BCUT2D eigenvalue weighted by molar-refractivity contribution is 0.171. The first-order valence-corrected chi connectivity index (χ1v) is 6.09. The minimum Gasteiger partial charge on any atom is -0.486 e. The summed E-state index contributed by atoms with van der Waals surface area (Å²) >= 11 is 1.67. The summed E-state index contributed by atoms with van der Waals surface area (Å²) in [7, 11) is 0.